The Morgan fingerprint density at radius 1 is 1.27 bits per heavy atom. The second-order valence-electron chi connectivity index (χ2n) is 4.79. The summed E-state index contributed by atoms with van der Waals surface area (Å²) in [5, 5.41) is 14.2. The number of aliphatic carboxylic acids is 1. The van der Waals surface area contributed by atoms with Gasteiger partial charge in [-0.05, 0) is 31.0 Å². The summed E-state index contributed by atoms with van der Waals surface area (Å²) in [5.74, 6) is -1.90. The van der Waals surface area contributed by atoms with Gasteiger partial charge in [-0.2, -0.15) is 0 Å². The van der Waals surface area contributed by atoms with Crippen molar-refractivity contribution in [1.29, 1.82) is 0 Å². The Hall–Kier alpha value is -2.12. The maximum absolute atomic E-state index is 12.1. The van der Waals surface area contributed by atoms with Crippen LogP contribution in [0.1, 0.15) is 23.2 Å². The average molecular weight is 327 g/mol. The smallest absolute Gasteiger partial charge is 0.332 e. The largest absolute Gasteiger partial charge is 0.479 e. The van der Waals surface area contributed by atoms with E-state index in [1.165, 1.54) is 19.2 Å². The number of nitrogens with one attached hydrogen (secondary N) is 2. The van der Waals surface area contributed by atoms with E-state index in [0.29, 0.717) is 12.1 Å². The molecule has 1 aliphatic heterocycles. The number of carboxylic acid groups (broad SMARTS) is 1. The lowest BCUT2D eigenvalue weighted by atomic mass is 10.1. The lowest BCUT2D eigenvalue weighted by molar-refractivity contribution is -0.150. The summed E-state index contributed by atoms with van der Waals surface area (Å²) in [4.78, 5) is 34.5. The molecule has 2 amide bonds. The summed E-state index contributed by atoms with van der Waals surface area (Å²) in [7, 11) is 1.47. The first-order chi connectivity index (χ1) is 10.4. The molecule has 0 bridgehead atoms. The number of amides is 2. The Morgan fingerprint density at radius 2 is 1.95 bits per heavy atom. The summed E-state index contributed by atoms with van der Waals surface area (Å²) in [6.07, 6.45) is -1.15. The van der Waals surface area contributed by atoms with Crippen LogP contribution in [-0.4, -0.2) is 42.1 Å². The highest BCUT2D eigenvalue weighted by Crippen LogP contribution is 2.24. The monoisotopic (exact) mass is 326 g/mol. The third-order valence-corrected chi connectivity index (χ3v) is 3.62. The topological polar surface area (TPSA) is 105 Å². The minimum absolute atomic E-state index is 0.234. The fraction of sp³-hybridized carbons (Fsp3) is 0.357. The van der Waals surface area contributed by atoms with Gasteiger partial charge in [0, 0.05) is 12.7 Å². The summed E-state index contributed by atoms with van der Waals surface area (Å²) < 4.78 is 5.16. The molecule has 2 atom stereocenters. The zero-order valence-corrected chi connectivity index (χ0v) is 12.5. The number of benzene rings is 1. The van der Waals surface area contributed by atoms with Crippen molar-refractivity contribution < 1.29 is 24.2 Å². The third-order valence-electron chi connectivity index (χ3n) is 3.29. The number of hydrogen-bond donors (Lipinski definition) is 3. The number of carboxylic acids is 1. The van der Waals surface area contributed by atoms with Gasteiger partial charge >= 0.3 is 5.97 Å². The minimum Gasteiger partial charge on any atom is -0.479 e. The zero-order valence-electron chi connectivity index (χ0n) is 11.8. The number of carbonyl (C=O) groups excluding carboxylic acids is 2. The van der Waals surface area contributed by atoms with Crippen molar-refractivity contribution in [3.05, 3.63) is 28.8 Å². The van der Waals surface area contributed by atoms with Crippen LogP contribution in [0.2, 0.25) is 5.02 Å². The molecule has 22 heavy (non-hydrogen) atoms. The van der Waals surface area contributed by atoms with Crippen LogP contribution in [0.3, 0.4) is 0 Å². The van der Waals surface area contributed by atoms with E-state index in [2.05, 4.69) is 10.6 Å². The molecule has 1 saturated heterocycles. The van der Waals surface area contributed by atoms with Crippen molar-refractivity contribution in [3.63, 3.8) is 0 Å². The van der Waals surface area contributed by atoms with Gasteiger partial charge in [-0.15, -0.1) is 0 Å². The van der Waals surface area contributed by atoms with E-state index in [-0.39, 0.29) is 22.9 Å². The molecule has 8 heteroatoms. The van der Waals surface area contributed by atoms with Gasteiger partial charge in [0.05, 0.1) is 10.6 Å². The molecule has 0 aromatic heterocycles. The summed E-state index contributed by atoms with van der Waals surface area (Å²) in [5.41, 5.74) is 0.619. The molecule has 7 nitrogen and oxygen atoms in total. The van der Waals surface area contributed by atoms with Crippen LogP contribution in [-0.2, 0) is 14.3 Å². The van der Waals surface area contributed by atoms with E-state index in [9.17, 15) is 14.4 Å². The number of anilines is 1. The zero-order chi connectivity index (χ0) is 16.3. The van der Waals surface area contributed by atoms with E-state index in [0.717, 1.165) is 0 Å². The molecule has 1 aliphatic rings. The van der Waals surface area contributed by atoms with Crippen molar-refractivity contribution in [1.82, 2.24) is 5.32 Å². The molecule has 0 aliphatic carbocycles. The fourth-order valence-corrected chi connectivity index (χ4v) is 2.35. The average Bonchev–Trinajstić information content (AvgIpc) is 2.98. The van der Waals surface area contributed by atoms with Crippen molar-refractivity contribution in [3.8, 4) is 0 Å². The van der Waals surface area contributed by atoms with E-state index < -0.39 is 24.1 Å². The Morgan fingerprint density at radius 3 is 2.55 bits per heavy atom. The number of halogens is 1. The minimum atomic E-state index is -1.08. The van der Waals surface area contributed by atoms with Crippen LogP contribution in [0.15, 0.2) is 18.2 Å². The summed E-state index contributed by atoms with van der Waals surface area (Å²) in [6.45, 7) is 0. The summed E-state index contributed by atoms with van der Waals surface area (Å²) >= 11 is 5.92. The van der Waals surface area contributed by atoms with E-state index >= 15 is 0 Å². The SMILES string of the molecule is CNC(=O)c1cc(NC(=O)[C@@H]2CC[C@H](C(=O)O)O2)ccc1Cl. The molecule has 1 aromatic rings. The molecule has 118 valence electrons. The van der Waals surface area contributed by atoms with Gasteiger partial charge in [0.15, 0.2) is 6.10 Å². The molecule has 0 unspecified atom stereocenters. The maximum Gasteiger partial charge on any atom is 0.332 e. The Balaban J connectivity index is 2.06. The van der Waals surface area contributed by atoms with Crippen LogP contribution >= 0.6 is 11.6 Å². The third kappa shape index (κ3) is 3.55. The standard InChI is InChI=1S/C14H15ClN2O5/c1-16-12(18)8-6-7(2-3-9(8)15)17-13(19)10-4-5-11(22-10)14(20)21/h2-3,6,10-11H,4-5H2,1H3,(H,16,18)(H,17,19)(H,20,21)/t10-,11+/m0/s1. The van der Waals surface area contributed by atoms with Gasteiger partial charge in [0.2, 0.25) is 0 Å². The summed E-state index contributed by atoms with van der Waals surface area (Å²) in [6, 6.07) is 4.50. The highest BCUT2D eigenvalue weighted by atomic mass is 35.5. The van der Waals surface area contributed by atoms with Gasteiger partial charge < -0.3 is 20.5 Å². The highest BCUT2D eigenvalue weighted by Gasteiger charge is 2.34. The van der Waals surface area contributed by atoms with E-state index in [4.69, 9.17) is 21.4 Å². The van der Waals surface area contributed by atoms with Gasteiger partial charge in [-0.25, -0.2) is 4.79 Å². The van der Waals surface area contributed by atoms with E-state index in [1.807, 2.05) is 0 Å². The van der Waals surface area contributed by atoms with Crippen LogP contribution in [0.25, 0.3) is 0 Å². The molecule has 1 aromatic carbocycles. The van der Waals surface area contributed by atoms with Crippen LogP contribution < -0.4 is 10.6 Å². The van der Waals surface area contributed by atoms with Crippen LogP contribution in [0, 0.1) is 0 Å². The molecular weight excluding hydrogens is 312 g/mol. The number of carbonyl (C=O) groups is 3. The Kier molecular flexibility index (Phi) is 4.99. The second kappa shape index (κ2) is 6.76. The molecule has 0 radical (unpaired) electrons. The first-order valence-corrected chi connectivity index (χ1v) is 7.01. The van der Waals surface area contributed by atoms with Gasteiger partial charge in [-0.1, -0.05) is 11.6 Å². The van der Waals surface area contributed by atoms with Gasteiger partial charge in [0.1, 0.15) is 6.10 Å². The lowest BCUT2D eigenvalue weighted by Crippen LogP contribution is -2.30. The maximum atomic E-state index is 12.1. The van der Waals surface area contributed by atoms with E-state index in [1.54, 1.807) is 6.07 Å². The van der Waals surface area contributed by atoms with Gasteiger partial charge in [-0.3, -0.25) is 9.59 Å². The molecule has 3 N–H and O–H groups in total. The van der Waals surface area contributed by atoms with Crippen LogP contribution in [0.4, 0.5) is 5.69 Å². The van der Waals surface area contributed by atoms with Crippen molar-refractivity contribution in [2.75, 3.05) is 12.4 Å². The van der Waals surface area contributed by atoms with Crippen LogP contribution in [0.5, 0.6) is 0 Å². The first-order valence-electron chi connectivity index (χ1n) is 6.63. The molecule has 2 rings (SSSR count). The molecular formula is C14H15ClN2O5. The second-order valence-corrected chi connectivity index (χ2v) is 5.20. The van der Waals surface area contributed by atoms with Crippen molar-refractivity contribution in [2.45, 2.75) is 25.0 Å². The first kappa shape index (κ1) is 16.3. The molecule has 0 saturated carbocycles. The lowest BCUT2D eigenvalue weighted by Gasteiger charge is -2.13. The molecule has 1 heterocycles. The van der Waals surface area contributed by atoms with Crippen molar-refractivity contribution >= 4 is 35.1 Å². The number of rotatable bonds is 4. The number of hydrogen-bond acceptors (Lipinski definition) is 4. The predicted molar refractivity (Wildman–Crippen MR) is 79.0 cm³/mol. The molecule has 1 fully saturated rings. The van der Waals surface area contributed by atoms with Crippen molar-refractivity contribution in [2.24, 2.45) is 0 Å². The Labute approximate surface area is 131 Å². The van der Waals surface area contributed by atoms with Gasteiger partial charge in [0.25, 0.3) is 11.8 Å². The number of ether oxygens (including phenoxy) is 1. The normalized spacial score (nSPS) is 20.5. The highest BCUT2D eigenvalue weighted by molar-refractivity contribution is 6.34. The fourth-order valence-electron chi connectivity index (χ4n) is 2.15. The Bertz CT molecular complexity index is 619. The molecule has 0 spiro atoms. The quantitative estimate of drug-likeness (QED) is 0.773. The predicted octanol–water partition coefficient (Wildman–Crippen LogP) is 1.27.